The number of carbonyl (C=O) groups is 1. The molecule has 0 unspecified atom stereocenters. The summed E-state index contributed by atoms with van der Waals surface area (Å²) in [5, 5.41) is 12.0. The van der Waals surface area contributed by atoms with Crippen molar-refractivity contribution in [2.24, 2.45) is 5.92 Å². The van der Waals surface area contributed by atoms with Crippen LogP contribution in [0, 0.1) is 5.92 Å². The molecule has 2 rings (SSSR count). The van der Waals surface area contributed by atoms with E-state index in [0.29, 0.717) is 12.3 Å². The molecule has 1 aliphatic rings. The first-order valence-electron chi connectivity index (χ1n) is 6.78. The first kappa shape index (κ1) is 13.1. The van der Waals surface area contributed by atoms with Gasteiger partial charge in [-0.3, -0.25) is 0 Å². The van der Waals surface area contributed by atoms with Crippen LogP contribution in [0.25, 0.3) is 0 Å². The summed E-state index contributed by atoms with van der Waals surface area (Å²) in [6.45, 7) is 1.58. The highest BCUT2D eigenvalue weighted by atomic mass is 16.4. The molecule has 0 spiro atoms. The number of carboxylic acid groups (broad SMARTS) is 1. The van der Waals surface area contributed by atoms with Gasteiger partial charge in [0.15, 0.2) is 0 Å². The molecule has 0 aliphatic heterocycles. The van der Waals surface area contributed by atoms with Gasteiger partial charge in [-0.25, -0.2) is 4.79 Å². The largest absolute Gasteiger partial charge is 0.475 e. The van der Waals surface area contributed by atoms with E-state index in [4.69, 9.17) is 9.52 Å². The van der Waals surface area contributed by atoms with Gasteiger partial charge in [0, 0.05) is 0 Å². The SMILES string of the molecule is O=C(O)c1ccc(CNCCCC2CCCC2)o1. The van der Waals surface area contributed by atoms with E-state index in [-0.39, 0.29) is 5.76 Å². The summed E-state index contributed by atoms with van der Waals surface area (Å²) >= 11 is 0. The van der Waals surface area contributed by atoms with E-state index in [1.165, 1.54) is 44.6 Å². The minimum atomic E-state index is -1.01. The van der Waals surface area contributed by atoms with Gasteiger partial charge >= 0.3 is 5.97 Å². The van der Waals surface area contributed by atoms with Crippen molar-refractivity contribution in [1.29, 1.82) is 0 Å². The van der Waals surface area contributed by atoms with E-state index in [1.54, 1.807) is 6.07 Å². The normalized spacial score (nSPS) is 16.2. The van der Waals surface area contributed by atoms with Gasteiger partial charge in [0.25, 0.3) is 0 Å². The summed E-state index contributed by atoms with van der Waals surface area (Å²) in [5.41, 5.74) is 0. The number of carboxylic acids is 1. The van der Waals surface area contributed by atoms with Gasteiger partial charge in [-0.15, -0.1) is 0 Å². The van der Waals surface area contributed by atoms with E-state index < -0.39 is 5.97 Å². The maximum Gasteiger partial charge on any atom is 0.371 e. The highest BCUT2D eigenvalue weighted by Gasteiger charge is 2.14. The maximum atomic E-state index is 10.6. The van der Waals surface area contributed by atoms with Crippen LogP contribution in [-0.4, -0.2) is 17.6 Å². The van der Waals surface area contributed by atoms with Crippen molar-refractivity contribution in [2.75, 3.05) is 6.54 Å². The standard InChI is InChI=1S/C14H21NO3/c16-14(17)13-8-7-12(18-13)10-15-9-3-6-11-4-1-2-5-11/h7-8,11,15H,1-6,9-10H2,(H,16,17). The fourth-order valence-electron chi connectivity index (χ4n) is 2.61. The molecular formula is C14H21NO3. The molecule has 2 N–H and O–H groups in total. The van der Waals surface area contributed by atoms with Crippen molar-refractivity contribution < 1.29 is 14.3 Å². The molecular weight excluding hydrogens is 230 g/mol. The number of nitrogens with one attached hydrogen (secondary N) is 1. The average Bonchev–Trinajstić information content (AvgIpc) is 2.98. The van der Waals surface area contributed by atoms with E-state index in [1.807, 2.05) is 0 Å². The Balaban J connectivity index is 1.58. The number of rotatable bonds is 7. The quantitative estimate of drug-likeness (QED) is 0.731. The van der Waals surface area contributed by atoms with Crippen molar-refractivity contribution in [1.82, 2.24) is 5.32 Å². The van der Waals surface area contributed by atoms with E-state index >= 15 is 0 Å². The Morgan fingerprint density at radius 1 is 1.39 bits per heavy atom. The van der Waals surface area contributed by atoms with E-state index in [2.05, 4.69) is 5.32 Å². The minimum absolute atomic E-state index is 0.0118. The van der Waals surface area contributed by atoms with Gasteiger partial charge in [-0.1, -0.05) is 25.7 Å². The maximum absolute atomic E-state index is 10.6. The van der Waals surface area contributed by atoms with Crippen molar-refractivity contribution in [3.63, 3.8) is 0 Å². The van der Waals surface area contributed by atoms with Crippen LogP contribution < -0.4 is 5.32 Å². The molecule has 0 saturated heterocycles. The van der Waals surface area contributed by atoms with Crippen molar-refractivity contribution in [2.45, 2.75) is 45.1 Å². The monoisotopic (exact) mass is 251 g/mol. The summed E-state index contributed by atoms with van der Waals surface area (Å²) in [6.07, 6.45) is 8.12. The Morgan fingerprint density at radius 3 is 2.83 bits per heavy atom. The highest BCUT2D eigenvalue weighted by molar-refractivity contribution is 5.84. The molecule has 4 nitrogen and oxygen atoms in total. The second kappa shape index (κ2) is 6.59. The van der Waals surface area contributed by atoms with Crippen molar-refractivity contribution in [3.8, 4) is 0 Å². The first-order valence-corrected chi connectivity index (χ1v) is 6.78. The summed E-state index contributed by atoms with van der Waals surface area (Å²) in [6, 6.07) is 3.21. The van der Waals surface area contributed by atoms with Crippen LogP contribution in [-0.2, 0) is 6.54 Å². The van der Waals surface area contributed by atoms with Crippen LogP contribution in [0.5, 0.6) is 0 Å². The first-order chi connectivity index (χ1) is 8.75. The molecule has 0 radical (unpaired) electrons. The van der Waals surface area contributed by atoms with Gasteiger partial charge in [-0.05, 0) is 37.4 Å². The topological polar surface area (TPSA) is 62.5 Å². The van der Waals surface area contributed by atoms with Crippen molar-refractivity contribution >= 4 is 5.97 Å². The number of furan rings is 1. The molecule has 1 aliphatic carbocycles. The van der Waals surface area contributed by atoms with Crippen LogP contribution >= 0.6 is 0 Å². The minimum Gasteiger partial charge on any atom is -0.475 e. The number of aromatic carboxylic acids is 1. The zero-order valence-electron chi connectivity index (χ0n) is 10.7. The second-order valence-corrected chi connectivity index (χ2v) is 5.04. The van der Waals surface area contributed by atoms with E-state index in [0.717, 1.165) is 12.5 Å². The molecule has 0 bridgehead atoms. The molecule has 4 heteroatoms. The second-order valence-electron chi connectivity index (χ2n) is 5.04. The third-order valence-corrected chi connectivity index (χ3v) is 3.61. The highest BCUT2D eigenvalue weighted by Crippen LogP contribution is 2.28. The lowest BCUT2D eigenvalue weighted by Gasteiger charge is -2.08. The average molecular weight is 251 g/mol. The predicted octanol–water partition coefficient (Wildman–Crippen LogP) is 3.04. The zero-order chi connectivity index (χ0) is 12.8. The lowest BCUT2D eigenvalue weighted by molar-refractivity contribution is 0.0660. The predicted molar refractivity (Wildman–Crippen MR) is 68.6 cm³/mol. The van der Waals surface area contributed by atoms with Crippen LogP contribution in [0.15, 0.2) is 16.5 Å². The Morgan fingerprint density at radius 2 is 2.17 bits per heavy atom. The van der Waals surface area contributed by atoms with Gasteiger partial charge in [-0.2, -0.15) is 0 Å². The van der Waals surface area contributed by atoms with Gasteiger partial charge in [0.2, 0.25) is 5.76 Å². The summed E-state index contributed by atoms with van der Waals surface area (Å²) in [5.74, 6) is 0.627. The van der Waals surface area contributed by atoms with Gasteiger partial charge in [0.1, 0.15) is 5.76 Å². The number of hydrogen-bond acceptors (Lipinski definition) is 3. The van der Waals surface area contributed by atoms with Gasteiger partial charge in [0.05, 0.1) is 6.54 Å². The molecule has 1 aromatic rings. The molecule has 1 aromatic heterocycles. The molecule has 0 amide bonds. The molecule has 18 heavy (non-hydrogen) atoms. The summed E-state index contributed by atoms with van der Waals surface area (Å²) in [4.78, 5) is 10.6. The van der Waals surface area contributed by atoms with E-state index in [9.17, 15) is 4.79 Å². The third kappa shape index (κ3) is 3.88. The third-order valence-electron chi connectivity index (χ3n) is 3.61. The van der Waals surface area contributed by atoms with Gasteiger partial charge < -0.3 is 14.8 Å². The molecule has 1 fully saturated rings. The molecule has 0 aromatic carbocycles. The Hall–Kier alpha value is -1.29. The zero-order valence-corrected chi connectivity index (χ0v) is 10.7. The van der Waals surface area contributed by atoms with Crippen molar-refractivity contribution in [3.05, 3.63) is 23.7 Å². The molecule has 0 atom stereocenters. The number of hydrogen-bond donors (Lipinski definition) is 2. The van der Waals surface area contributed by atoms with Crippen LogP contribution in [0.1, 0.15) is 54.8 Å². The van der Waals surface area contributed by atoms with Crippen LogP contribution in [0.2, 0.25) is 0 Å². The van der Waals surface area contributed by atoms with Crippen LogP contribution in [0.3, 0.4) is 0 Å². The smallest absolute Gasteiger partial charge is 0.371 e. The molecule has 100 valence electrons. The summed E-state index contributed by atoms with van der Waals surface area (Å²) in [7, 11) is 0. The Kier molecular flexibility index (Phi) is 4.81. The van der Waals surface area contributed by atoms with Crippen LogP contribution in [0.4, 0.5) is 0 Å². The fourth-order valence-corrected chi connectivity index (χ4v) is 2.61. The summed E-state index contributed by atoms with van der Waals surface area (Å²) < 4.78 is 5.16. The molecule has 1 saturated carbocycles. The molecule has 1 heterocycles. The lowest BCUT2D eigenvalue weighted by Crippen LogP contribution is -2.15. The Labute approximate surface area is 107 Å². The fraction of sp³-hybridized carbons (Fsp3) is 0.643. The lowest BCUT2D eigenvalue weighted by atomic mass is 10.0. The Bertz CT molecular complexity index is 380.